The molecule has 0 bridgehead atoms. The van der Waals surface area contributed by atoms with Crippen molar-refractivity contribution in [3.8, 4) is 0 Å². The van der Waals surface area contributed by atoms with Crippen molar-refractivity contribution in [2.45, 2.75) is 26.7 Å². The van der Waals surface area contributed by atoms with Gasteiger partial charge in [-0.05, 0) is 56.8 Å². The third-order valence-corrected chi connectivity index (χ3v) is 4.10. The lowest BCUT2D eigenvalue weighted by molar-refractivity contribution is 0.582. The minimum Gasteiger partial charge on any atom is -0.358 e. The summed E-state index contributed by atoms with van der Waals surface area (Å²) < 4.78 is 0. The van der Waals surface area contributed by atoms with Crippen LogP contribution >= 0.6 is 0 Å². The fourth-order valence-corrected chi connectivity index (χ4v) is 2.91. The van der Waals surface area contributed by atoms with E-state index in [-0.39, 0.29) is 0 Å². The fourth-order valence-electron chi connectivity index (χ4n) is 2.91. The van der Waals surface area contributed by atoms with Gasteiger partial charge in [0.25, 0.3) is 0 Å². The Hall–Kier alpha value is -1.28. The van der Waals surface area contributed by atoms with Crippen molar-refractivity contribution < 1.29 is 0 Å². The molecule has 0 spiro atoms. The van der Waals surface area contributed by atoms with Crippen LogP contribution in [0.15, 0.2) is 18.2 Å². The zero-order valence-corrected chi connectivity index (χ0v) is 10.6. The number of aromatic amines is 1. The molecule has 2 heterocycles. The van der Waals surface area contributed by atoms with Crippen molar-refractivity contribution in [2.24, 2.45) is 5.92 Å². The summed E-state index contributed by atoms with van der Waals surface area (Å²) in [5.41, 5.74) is 5.53. The van der Waals surface area contributed by atoms with E-state index in [0.717, 1.165) is 5.92 Å². The molecule has 90 valence electrons. The Morgan fingerprint density at radius 3 is 2.94 bits per heavy atom. The first-order valence-electron chi connectivity index (χ1n) is 6.53. The van der Waals surface area contributed by atoms with Crippen LogP contribution < -0.4 is 5.32 Å². The highest BCUT2D eigenvalue weighted by atomic mass is 14.9. The molecule has 1 aromatic carbocycles. The number of benzene rings is 1. The van der Waals surface area contributed by atoms with Gasteiger partial charge in [0.05, 0.1) is 0 Å². The first-order valence-corrected chi connectivity index (χ1v) is 6.53. The highest BCUT2D eigenvalue weighted by Crippen LogP contribution is 2.26. The molecule has 2 aromatic rings. The molecule has 1 fully saturated rings. The van der Waals surface area contributed by atoms with E-state index in [9.17, 15) is 0 Å². The fraction of sp³-hybridized carbons (Fsp3) is 0.467. The summed E-state index contributed by atoms with van der Waals surface area (Å²) in [6.07, 6.45) is 2.51. The lowest BCUT2D eigenvalue weighted by Gasteiger charge is -2.09. The molecular weight excluding hydrogens is 208 g/mol. The van der Waals surface area contributed by atoms with Gasteiger partial charge in [0, 0.05) is 16.6 Å². The predicted octanol–water partition coefficient (Wildman–Crippen LogP) is 2.94. The molecule has 0 amide bonds. The SMILES string of the molecule is Cc1[nH]c2c(CC3CCNC3)cccc2c1C. The molecule has 2 nitrogen and oxygen atoms in total. The Labute approximate surface area is 102 Å². The quantitative estimate of drug-likeness (QED) is 0.812. The summed E-state index contributed by atoms with van der Waals surface area (Å²) in [6, 6.07) is 6.70. The summed E-state index contributed by atoms with van der Waals surface area (Å²) in [4.78, 5) is 3.55. The molecule has 3 rings (SSSR count). The number of H-pyrrole nitrogens is 1. The van der Waals surface area contributed by atoms with Crippen LogP contribution in [0.3, 0.4) is 0 Å². The van der Waals surface area contributed by atoms with E-state index < -0.39 is 0 Å². The molecule has 0 aliphatic carbocycles. The molecule has 1 saturated heterocycles. The summed E-state index contributed by atoms with van der Waals surface area (Å²) in [6.45, 7) is 6.73. The minimum atomic E-state index is 0.810. The van der Waals surface area contributed by atoms with E-state index in [1.165, 1.54) is 53.7 Å². The molecule has 2 N–H and O–H groups in total. The molecule has 1 aliphatic heterocycles. The second-order valence-electron chi connectivity index (χ2n) is 5.28. The molecular formula is C15H20N2. The number of fused-ring (bicyclic) bond motifs is 1. The molecule has 1 atom stereocenters. The van der Waals surface area contributed by atoms with Gasteiger partial charge in [0.1, 0.15) is 0 Å². The number of aromatic nitrogens is 1. The topological polar surface area (TPSA) is 27.8 Å². The van der Waals surface area contributed by atoms with E-state index >= 15 is 0 Å². The van der Waals surface area contributed by atoms with Gasteiger partial charge in [-0.2, -0.15) is 0 Å². The molecule has 0 saturated carbocycles. The summed E-state index contributed by atoms with van der Waals surface area (Å²) in [5.74, 6) is 0.810. The summed E-state index contributed by atoms with van der Waals surface area (Å²) in [5, 5.41) is 4.84. The monoisotopic (exact) mass is 228 g/mol. The number of aryl methyl sites for hydroxylation is 2. The molecule has 1 aliphatic rings. The van der Waals surface area contributed by atoms with Crippen LogP contribution in [0.25, 0.3) is 10.9 Å². The number of hydrogen-bond donors (Lipinski definition) is 2. The third kappa shape index (κ3) is 1.87. The molecule has 2 heteroatoms. The van der Waals surface area contributed by atoms with Gasteiger partial charge in [-0.15, -0.1) is 0 Å². The van der Waals surface area contributed by atoms with Crippen LogP contribution in [0.4, 0.5) is 0 Å². The second-order valence-corrected chi connectivity index (χ2v) is 5.28. The molecule has 1 aromatic heterocycles. The maximum atomic E-state index is 3.55. The molecule has 0 radical (unpaired) electrons. The highest BCUT2D eigenvalue weighted by molar-refractivity contribution is 5.87. The Morgan fingerprint density at radius 2 is 2.18 bits per heavy atom. The normalized spacial score (nSPS) is 20.2. The van der Waals surface area contributed by atoms with Gasteiger partial charge in [0.15, 0.2) is 0 Å². The maximum Gasteiger partial charge on any atom is 0.0491 e. The van der Waals surface area contributed by atoms with Crippen LogP contribution in [0.2, 0.25) is 0 Å². The Morgan fingerprint density at radius 1 is 1.29 bits per heavy atom. The van der Waals surface area contributed by atoms with Crippen molar-refractivity contribution in [3.63, 3.8) is 0 Å². The Balaban J connectivity index is 2.00. The third-order valence-electron chi connectivity index (χ3n) is 4.10. The van der Waals surface area contributed by atoms with Crippen LogP contribution in [0.1, 0.15) is 23.2 Å². The Bertz CT molecular complexity index is 533. The number of para-hydroxylation sites is 1. The van der Waals surface area contributed by atoms with E-state index in [0.29, 0.717) is 0 Å². The second kappa shape index (κ2) is 4.19. The van der Waals surface area contributed by atoms with Crippen molar-refractivity contribution >= 4 is 10.9 Å². The first-order chi connectivity index (χ1) is 8.25. The van der Waals surface area contributed by atoms with Crippen molar-refractivity contribution in [1.82, 2.24) is 10.3 Å². The molecule has 1 unspecified atom stereocenters. The number of hydrogen-bond acceptors (Lipinski definition) is 1. The lowest BCUT2D eigenvalue weighted by atomic mass is 9.97. The zero-order valence-electron chi connectivity index (χ0n) is 10.6. The summed E-state index contributed by atoms with van der Waals surface area (Å²) >= 11 is 0. The van der Waals surface area contributed by atoms with Gasteiger partial charge >= 0.3 is 0 Å². The molecule has 17 heavy (non-hydrogen) atoms. The minimum absolute atomic E-state index is 0.810. The predicted molar refractivity (Wildman–Crippen MR) is 72.5 cm³/mol. The summed E-state index contributed by atoms with van der Waals surface area (Å²) in [7, 11) is 0. The number of nitrogens with one attached hydrogen (secondary N) is 2. The van der Waals surface area contributed by atoms with Crippen molar-refractivity contribution in [1.29, 1.82) is 0 Å². The smallest absolute Gasteiger partial charge is 0.0491 e. The van der Waals surface area contributed by atoms with Gasteiger partial charge in [0.2, 0.25) is 0 Å². The largest absolute Gasteiger partial charge is 0.358 e. The van der Waals surface area contributed by atoms with E-state index in [2.05, 4.69) is 42.3 Å². The van der Waals surface area contributed by atoms with Crippen LogP contribution in [0, 0.1) is 19.8 Å². The van der Waals surface area contributed by atoms with Crippen LogP contribution in [-0.4, -0.2) is 18.1 Å². The average Bonchev–Trinajstić information content (AvgIpc) is 2.91. The van der Waals surface area contributed by atoms with E-state index in [1.54, 1.807) is 0 Å². The van der Waals surface area contributed by atoms with Crippen molar-refractivity contribution in [3.05, 3.63) is 35.0 Å². The van der Waals surface area contributed by atoms with Gasteiger partial charge in [-0.3, -0.25) is 0 Å². The standard InChI is InChI=1S/C15H20N2/c1-10-11(2)17-15-13(4-3-5-14(10)15)8-12-6-7-16-9-12/h3-5,12,16-17H,6-9H2,1-2H3. The van der Waals surface area contributed by atoms with E-state index in [1.807, 2.05) is 0 Å². The van der Waals surface area contributed by atoms with Crippen LogP contribution in [-0.2, 0) is 6.42 Å². The van der Waals surface area contributed by atoms with Gasteiger partial charge in [-0.25, -0.2) is 0 Å². The highest BCUT2D eigenvalue weighted by Gasteiger charge is 2.17. The van der Waals surface area contributed by atoms with Crippen LogP contribution in [0.5, 0.6) is 0 Å². The zero-order chi connectivity index (χ0) is 11.8. The Kier molecular flexibility index (Phi) is 2.67. The maximum absolute atomic E-state index is 3.55. The van der Waals surface area contributed by atoms with E-state index in [4.69, 9.17) is 0 Å². The average molecular weight is 228 g/mol. The number of rotatable bonds is 2. The first kappa shape index (κ1) is 10.8. The van der Waals surface area contributed by atoms with Gasteiger partial charge < -0.3 is 10.3 Å². The lowest BCUT2D eigenvalue weighted by Crippen LogP contribution is -2.10. The van der Waals surface area contributed by atoms with Crippen molar-refractivity contribution in [2.75, 3.05) is 13.1 Å². The van der Waals surface area contributed by atoms with Gasteiger partial charge in [-0.1, -0.05) is 18.2 Å².